The van der Waals surface area contributed by atoms with Crippen molar-refractivity contribution in [1.29, 1.82) is 0 Å². The second kappa shape index (κ2) is 5.50. The van der Waals surface area contributed by atoms with Gasteiger partial charge < -0.3 is 19.1 Å². The van der Waals surface area contributed by atoms with E-state index in [1.165, 1.54) is 0 Å². The fraction of sp³-hybridized carbons (Fsp3) is 0.429. The lowest BCUT2D eigenvalue weighted by Gasteiger charge is -2.09. The topological polar surface area (TPSA) is 77.6 Å². The minimum Gasteiger partial charge on any atom is -0.497 e. The molecule has 1 heterocycles. The molecular weight excluding hydrogens is 260 g/mol. The van der Waals surface area contributed by atoms with Crippen LogP contribution in [-0.4, -0.2) is 22.4 Å². The van der Waals surface area contributed by atoms with Gasteiger partial charge in [-0.05, 0) is 31.0 Å². The summed E-state index contributed by atoms with van der Waals surface area (Å²) in [6, 6.07) is 5.26. The van der Waals surface area contributed by atoms with Crippen LogP contribution in [0.1, 0.15) is 36.0 Å². The number of benzene rings is 1. The quantitative estimate of drug-likeness (QED) is 0.869. The van der Waals surface area contributed by atoms with Crippen LogP contribution in [0.3, 0.4) is 0 Å². The zero-order chi connectivity index (χ0) is 13.9. The van der Waals surface area contributed by atoms with Gasteiger partial charge in [0.15, 0.2) is 12.4 Å². The summed E-state index contributed by atoms with van der Waals surface area (Å²) in [7, 11) is 1.58. The summed E-state index contributed by atoms with van der Waals surface area (Å²) in [5.74, 6) is 2.93. The van der Waals surface area contributed by atoms with Gasteiger partial charge in [0.25, 0.3) is 5.89 Å². The largest absolute Gasteiger partial charge is 0.497 e. The zero-order valence-corrected chi connectivity index (χ0v) is 11.2. The predicted octanol–water partition coefficient (Wildman–Crippen LogP) is 2.03. The van der Waals surface area contributed by atoms with Crippen molar-refractivity contribution in [2.45, 2.75) is 32.0 Å². The second-order valence-corrected chi connectivity index (χ2v) is 4.74. The Labute approximate surface area is 116 Å². The van der Waals surface area contributed by atoms with Gasteiger partial charge in [0.2, 0.25) is 0 Å². The third-order valence-electron chi connectivity index (χ3n) is 3.22. The summed E-state index contributed by atoms with van der Waals surface area (Å²) in [6.07, 6.45) is 2.26. The van der Waals surface area contributed by atoms with E-state index in [-0.39, 0.29) is 13.2 Å². The van der Waals surface area contributed by atoms with Crippen LogP contribution < -0.4 is 9.47 Å². The maximum atomic E-state index is 9.33. The number of hydrogen-bond acceptors (Lipinski definition) is 6. The molecule has 1 N–H and O–H groups in total. The number of ether oxygens (including phenoxy) is 2. The minimum atomic E-state index is -0.121. The molecule has 0 saturated heterocycles. The maximum Gasteiger partial charge on any atom is 0.264 e. The first-order chi connectivity index (χ1) is 9.80. The summed E-state index contributed by atoms with van der Waals surface area (Å²) in [4.78, 5) is 4.29. The van der Waals surface area contributed by atoms with Crippen molar-refractivity contribution in [2.24, 2.45) is 0 Å². The van der Waals surface area contributed by atoms with Crippen LogP contribution in [0.5, 0.6) is 11.5 Å². The first-order valence-electron chi connectivity index (χ1n) is 6.53. The Hall–Kier alpha value is -2.08. The van der Waals surface area contributed by atoms with Gasteiger partial charge in [-0.25, -0.2) is 0 Å². The highest BCUT2D eigenvalue weighted by atomic mass is 16.5. The summed E-state index contributed by atoms with van der Waals surface area (Å²) in [6.45, 7) is 0.0722. The molecular formula is C14H16N2O4. The van der Waals surface area contributed by atoms with Gasteiger partial charge in [0, 0.05) is 11.5 Å². The Morgan fingerprint density at radius 3 is 2.95 bits per heavy atom. The van der Waals surface area contributed by atoms with Crippen LogP contribution in [0.15, 0.2) is 22.7 Å². The maximum absolute atomic E-state index is 9.33. The van der Waals surface area contributed by atoms with E-state index in [1.807, 2.05) is 0 Å². The van der Waals surface area contributed by atoms with Gasteiger partial charge in [0.1, 0.15) is 11.5 Å². The predicted molar refractivity (Wildman–Crippen MR) is 69.5 cm³/mol. The third-order valence-corrected chi connectivity index (χ3v) is 3.22. The molecule has 0 bridgehead atoms. The number of aromatic nitrogens is 2. The van der Waals surface area contributed by atoms with Gasteiger partial charge >= 0.3 is 0 Å². The molecule has 0 radical (unpaired) electrons. The monoisotopic (exact) mass is 276 g/mol. The molecule has 0 unspecified atom stereocenters. The van der Waals surface area contributed by atoms with E-state index in [4.69, 9.17) is 14.0 Å². The Kier molecular flexibility index (Phi) is 3.56. The number of nitrogens with zero attached hydrogens (tertiary/aromatic N) is 2. The van der Waals surface area contributed by atoms with Gasteiger partial charge in [-0.1, -0.05) is 5.16 Å². The first kappa shape index (κ1) is 12.9. The van der Waals surface area contributed by atoms with Gasteiger partial charge in [-0.15, -0.1) is 0 Å². The molecule has 1 aromatic heterocycles. The lowest BCUT2D eigenvalue weighted by Crippen LogP contribution is -2.00. The Morgan fingerprint density at radius 1 is 1.40 bits per heavy atom. The molecule has 6 nitrogen and oxygen atoms in total. The number of rotatable bonds is 6. The first-order valence-corrected chi connectivity index (χ1v) is 6.53. The van der Waals surface area contributed by atoms with Crippen LogP contribution in [0.2, 0.25) is 0 Å². The molecule has 6 heteroatoms. The fourth-order valence-corrected chi connectivity index (χ4v) is 1.92. The number of aliphatic hydroxyl groups excluding tert-OH is 1. The zero-order valence-electron chi connectivity index (χ0n) is 11.2. The van der Waals surface area contributed by atoms with Crippen LogP contribution in [0.25, 0.3) is 0 Å². The number of hydrogen-bond donors (Lipinski definition) is 1. The van der Waals surface area contributed by atoms with Crippen LogP contribution in [0, 0.1) is 0 Å². The highest BCUT2D eigenvalue weighted by Crippen LogP contribution is 2.38. The van der Waals surface area contributed by atoms with Gasteiger partial charge in [-0.3, -0.25) is 0 Å². The lowest BCUT2D eigenvalue weighted by atomic mass is 10.2. The van der Waals surface area contributed by atoms with E-state index in [0.717, 1.165) is 18.7 Å². The van der Waals surface area contributed by atoms with Crippen molar-refractivity contribution >= 4 is 0 Å². The van der Waals surface area contributed by atoms with E-state index in [2.05, 4.69) is 10.1 Å². The normalized spacial score (nSPS) is 14.3. The summed E-state index contributed by atoms with van der Waals surface area (Å²) < 4.78 is 15.9. The fourth-order valence-electron chi connectivity index (χ4n) is 1.92. The molecule has 2 aromatic rings. The average Bonchev–Trinajstić information content (AvgIpc) is 3.24. The Balaban J connectivity index is 1.67. The molecule has 0 atom stereocenters. The Morgan fingerprint density at radius 2 is 2.25 bits per heavy atom. The lowest BCUT2D eigenvalue weighted by molar-refractivity contribution is 0.228. The van der Waals surface area contributed by atoms with Crippen molar-refractivity contribution in [3.05, 3.63) is 35.5 Å². The summed E-state index contributed by atoms with van der Waals surface area (Å²) in [5, 5.41) is 13.3. The van der Waals surface area contributed by atoms with Crippen molar-refractivity contribution in [1.82, 2.24) is 10.1 Å². The third kappa shape index (κ3) is 2.75. The number of aliphatic hydroxyl groups is 1. The van der Waals surface area contributed by atoms with E-state index < -0.39 is 0 Å². The van der Waals surface area contributed by atoms with Crippen molar-refractivity contribution in [3.63, 3.8) is 0 Å². The molecule has 20 heavy (non-hydrogen) atoms. The van der Waals surface area contributed by atoms with Gasteiger partial charge in [0.05, 0.1) is 13.7 Å². The standard InChI is InChI=1S/C14H16N2O4/c1-18-11-4-5-12(10(6-11)7-17)19-8-13-15-14(16-20-13)9-2-3-9/h4-6,9,17H,2-3,7-8H2,1H3. The van der Waals surface area contributed by atoms with Crippen molar-refractivity contribution in [3.8, 4) is 11.5 Å². The number of methoxy groups -OCH3 is 1. The molecule has 106 valence electrons. The van der Waals surface area contributed by atoms with E-state index in [1.54, 1.807) is 25.3 Å². The minimum absolute atomic E-state index is 0.121. The summed E-state index contributed by atoms with van der Waals surface area (Å²) in [5.41, 5.74) is 0.659. The van der Waals surface area contributed by atoms with Crippen LogP contribution in [0.4, 0.5) is 0 Å². The highest BCUT2D eigenvalue weighted by molar-refractivity contribution is 5.39. The molecule has 0 amide bonds. The molecule has 0 aliphatic heterocycles. The van der Waals surface area contributed by atoms with Crippen LogP contribution in [-0.2, 0) is 13.2 Å². The van der Waals surface area contributed by atoms with Gasteiger partial charge in [-0.2, -0.15) is 4.98 Å². The molecule has 1 saturated carbocycles. The second-order valence-electron chi connectivity index (χ2n) is 4.74. The SMILES string of the molecule is COc1ccc(OCc2nc(C3CC3)no2)c(CO)c1. The summed E-state index contributed by atoms with van der Waals surface area (Å²) >= 11 is 0. The Bertz CT molecular complexity index is 593. The average molecular weight is 276 g/mol. The smallest absolute Gasteiger partial charge is 0.264 e. The van der Waals surface area contributed by atoms with Crippen LogP contribution >= 0.6 is 0 Å². The van der Waals surface area contributed by atoms with Crippen molar-refractivity contribution in [2.75, 3.05) is 7.11 Å². The molecule has 1 aliphatic rings. The van der Waals surface area contributed by atoms with E-state index in [0.29, 0.717) is 28.9 Å². The van der Waals surface area contributed by atoms with Crippen molar-refractivity contribution < 1.29 is 19.1 Å². The molecule has 1 aliphatic carbocycles. The van der Waals surface area contributed by atoms with E-state index >= 15 is 0 Å². The molecule has 1 fully saturated rings. The highest BCUT2D eigenvalue weighted by Gasteiger charge is 2.28. The molecule has 0 spiro atoms. The molecule has 1 aromatic carbocycles. The molecule has 3 rings (SSSR count). The van der Waals surface area contributed by atoms with E-state index in [9.17, 15) is 5.11 Å².